The number of ether oxygens (including phenoxy) is 1. The van der Waals surface area contributed by atoms with Crippen LogP contribution in [0, 0.1) is 0 Å². The molecular weight excluding hydrogens is 228 g/mol. The van der Waals surface area contributed by atoms with E-state index < -0.39 is 0 Å². The van der Waals surface area contributed by atoms with Crippen LogP contribution in [0.5, 0.6) is 0 Å². The summed E-state index contributed by atoms with van der Waals surface area (Å²) in [5, 5.41) is 0. The molecular formula is C8H8CrOS2. The van der Waals surface area contributed by atoms with E-state index in [1.54, 1.807) is 0 Å². The Morgan fingerprint density at radius 2 is 1.92 bits per heavy atom. The third kappa shape index (κ3) is 4.79. The van der Waals surface area contributed by atoms with Crippen molar-refractivity contribution in [2.75, 3.05) is 0 Å². The molecule has 1 rings (SSSR count). The van der Waals surface area contributed by atoms with Gasteiger partial charge in [0.15, 0.2) is 0 Å². The van der Waals surface area contributed by atoms with E-state index in [0.717, 1.165) is 5.56 Å². The minimum absolute atomic E-state index is 0. The molecule has 0 atom stereocenters. The molecule has 1 nitrogen and oxygen atoms in total. The Hall–Kier alpha value is -0.00753. The summed E-state index contributed by atoms with van der Waals surface area (Å²) >= 11 is 8.47. The third-order valence-corrected chi connectivity index (χ3v) is 1.45. The quantitative estimate of drug-likeness (QED) is 0.624. The van der Waals surface area contributed by atoms with Crippen molar-refractivity contribution in [1.82, 2.24) is 0 Å². The molecule has 0 amide bonds. The number of hydrogen-bond donors (Lipinski definition) is 1. The van der Waals surface area contributed by atoms with Crippen LogP contribution in [0.4, 0.5) is 0 Å². The van der Waals surface area contributed by atoms with Crippen LogP contribution in [0.1, 0.15) is 5.56 Å². The van der Waals surface area contributed by atoms with E-state index in [2.05, 4.69) is 24.8 Å². The van der Waals surface area contributed by atoms with Crippen molar-refractivity contribution in [3.63, 3.8) is 0 Å². The first-order chi connectivity index (χ1) is 5.29. The summed E-state index contributed by atoms with van der Waals surface area (Å²) in [6.07, 6.45) is 0. The van der Waals surface area contributed by atoms with Gasteiger partial charge in [-0.05, 0) is 17.8 Å². The van der Waals surface area contributed by atoms with Crippen molar-refractivity contribution in [1.29, 1.82) is 0 Å². The molecule has 0 radical (unpaired) electrons. The van der Waals surface area contributed by atoms with Gasteiger partial charge in [0.2, 0.25) is 4.38 Å². The number of thiocarbonyl (C=S) groups is 1. The first kappa shape index (κ1) is 12.0. The molecule has 1 aromatic carbocycles. The van der Waals surface area contributed by atoms with Gasteiger partial charge in [-0.3, -0.25) is 0 Å². The van der Waals surface area contributed by atoms with Crippen LogP contribution in [0.2, 0.25) is 0 Å². The standard InChI is InChI=1S/C8H8OS2.Cr/c10-8(11)9-6-7-4-2-1-3-5-7;/h1-5H,6H2,(H,10,11);. The maximum absolute atomic E-state index is 5.02. The van der Waals surface area contributed by atoms with Crippen molar-refractivity contribution in [3.05, 3.63) is 35.9 Å². The Labute approximate surface area is 93.7 Å². The predicted molar refractivity (Wildman–Crippen MR) is 52.8 cm³/mol. The van der Waals surface area contributed by atoms with Crippen LogP contribution in [0.3, 0.4) is 0 Å². The van der Waals surface area contributed by atoms with Crippen LogP contribution in [0.15, 0.2) is 30.3 Å². The number of hydrogen-bond acceptors (Lipinski definition) is 2. The summed E-state index contributed by atoms with van der Waals surface area (Å²) in [6, 6.07) is 9.83. The van der Waals surface area contributed by atoms with E-state index in [0.29, 0.717) is 6.61 Å². The second-order valence-corrected chi connectivity index (χ2v) is 3.12. The molecule has 0 saturated heterocycles. The number of benzene rings is 1. The molecule has 0 bridgehead atoms. The minimum Gasteiger partial charge on any atom is -0.474 e. The van der Waals surface area contributed by atoms with Gasteiger partial charge >= 0.3 is 0 Å². The summed E-state index contributed by atoms with van der Waals surface area (Å²) in [7, 11) is 0. The fraction of sp³-hybridized carbons (Fsp3) is 0.125. The van der Waals surface area contributed by atoms with Crippen molar-refractivity contribution in [2.24, 2.45) is 0 Å². The molecule has 4 heteroatoms. The van der Waals surface area contributed by atoms with Gasteiger partial charge < -0.3 is 4.74 Å². The molecule has 1 aromatic rings. The smallest absolute Gasteiger partial charge is 0.217 e. The van der Waals surface area contributed by atoms with E-state index in [9.17, 15) is 0 Å². The molecule has 0 spiro atoms. The van der Waals surface area contributed by atoms with E-state index in [4.69, 9.17) is 4.74 Å². The summed E-state index contributed by atoms with van der Waals surface area (Å²) in [4.78, 5) is 0. The van der Waals surface area contributed by atoms with Gasteiger partial charge in [0.05, 0.1) is 0 Å². The van der Waals surface area contributed by atoms with Crippen LogP contribution < -0.4 is 0 Å². The zero-order valence-corrected chi connectivity index (χ0v) is 9.25. The van der Waals surface area contributed by atoms with Crippen molar-refractivity contribution in [3.8, 4) is 0 Å². The average molecular weight is 236 g/mol. The second-order valence-electron chi connectivity index (χ2n) is 2.04. The van der Waals surface area contributed by atoms with Crippen LogP contribution in [-0.4, -0.2) is 4.38 Å². The monoisotopic (exact) mass is 236 g/mol. The molecule has 0 aromatic heterocycles. The molecule has 0 aliphatic rings. The Balaban J connectivity index is 0.00000121. The average Bonchev–Trinajstić information content (AvgIpc) is 2.03. The van der Waals surface area contributed by atoms with E-state index in [1.807, 2.05) is 30.3 Å². The Morgan fingerprint density at radius 1 is 1.33 bits per heavy atom. The van der Waals surface area contributed by atoms with Gasteiger partial charge in [-0.15, -0.1) is 0 Å². The number of thiol groups is 1. The maximum Gasteiger partial charge on any atom is 0.217 e. The van der Waals surface area contributed by atoms with Crippen LogP contribution >= 0.6 is 24.8 Å². The molecule has 0 fully saturated rings. The first-order valence-corrected chi connectivity index (χ1v) is 4.04. The molecule has 0 N–H and O–H groups in total. The second kappa shape index (κ2) is 6.50. The Kier molecular flexibility index (Phi) is 6.50. The largest absolute Gasteiger partial charge is 0.474 e. The van der Waals surface area contributed by atoms with Crippen molar-refractivity contribution in [2.45, 2.75) is 6.61 Å². The summed E-state index contributed by atoms with van der Waals surface area (Å²) < 4.78 is 5.31. The molecule has 0 aliphatic carbocycles. The van der Waals surface area contributed by atoms with E-state index in [-0.39, 0.29) is 21.7 Å². The maximum atomic E-state index is 5.02. The Bertz CT molecular complexity index is 238. The van der Waals surface area contributed by atoms with E-state index in [1.165, 1.54) is 0 Å². The van der Waals surface area contributed by atoms with Crippen LogP contribution in [-0.2, 0) is 28.7 Å². The summed E-state index contributed by atoms with van der Waals surface area (Å²) in [6.45, 7) is 0.503. The predicted octanol–water partition coefficient (Wildman–Crippen LogP) is 2.42. The molecule has 64 valence electrons. The fourth-order valence-corrected chi connectivity index (χ4v) is 0.843. The van der Waals surface area contributed by atoms with Gasteiger partial charge in [0.25, 0.3) is 0 Å². The van der Waals surface area contributed by atoms with Crippen molar-refractivity contribution >= 4 is 29.2 Å². The molecule has 0 heterocycles. The minimum atomic E-state index is 0. The summed E-state index contributed by atoms with van der Waals surface area (Å²) in [5.41, 5.74) is 1.10. The van der Waals surface area contributed by atoms with Gasteiger partial charge in [0, 0.05) is 17.4 Å². The molecule has 12 heavy (non-hydrogen) atoms. The van der Waals surface area contributed by atoms with Gasteiger partial charge in [-0.1, -0.05) is 43.0 Å². The van der Waals surface area contributed by atoms with Gasteiger partial charge in [-0.2, -0.15) is 0 Å². The SMILES string of the molecule is S=C(S)OCc1ccccc1.[Cr]. The van der Waals surface area contributed by atoms with Crippen LogP contribution in [0.25, 0.3) is 0 Å². The van der Waals surface area contributed by atoms with Gasteiger partial charge in [0.1, 0.15) is 6.61 Å². The van der Waals surface area contributed by atoms with Gasteiger partial charge in [-0.25, -0.2) is 0 Å². The molecule has 0 unspecified atom stereocenters. The van der Waals surface area contributed by atoms with Crippen molar-refractivity contribution < 1.29 is 22.1 Å². The summed E-state index contributed by atoms with van der Waals surface area (Å²) in [5.74, 6) is 0. The Morgan fingerprint density at radius 3 is 2.42 bits per heavy atom. The fourth-order valence-electron chi connectivity index (χ4n) is 0.719. The molecule has 0 saturated carbocycles. The zero-order valence-electron chi connectivity index (χ0n) is 6.27. The third-order valence-electron chi connectivity index (χ3n) is 1.21. The number of rotatable bonds is 2. The normalized spacial score (nSPS) is 8.42. The zero-order chi connectivity index (χ0) is 8.10. The molecule has 0 aliphatic heterocycles. The topological polar surface area (TPSA) is 9.23 Å². The van der Waals surface area contributed by atoms with E-state index >= 15 is 0 Å². The first-order valence-electron chi connectivity index (χ1n) is 3.18.